The lowest BCUT2D eigenvalue weighted by Crippen LogP contribution is -2.48. The summed E-state index contributed by atoms with van der Waals surface area (Å²) in [7, 11) is 1.66. The maximum atomic E-state index is 9.95. The number of hydrogen-bond acceptors (Lipinski definition) is 6. The maximum Gasteiger partial charge on any atom is 0.157 e. The second kappa shape index (κ2) is 10.2. The van der Waals surface area contributed by atoms with Gasteiger partial charge in [-0.1, -0.05) is 25.5 Å². The van der Waals surface area contributed by atoms with Crippen molar-refractivity contribution >= 4 is 22.5 Å². The zero-order valence-corrected chi connectivity index (χ0v) is 20.4. The first-order chi connectivity index (χ1) is 17.2. The van der Waals surface area contributed by atoms with E-state index in [-0.39, 0.29) is 0 Å². The van der Waals surface area contributed by atoms with Crippen LogP contribution in [0.15, 0.2) is 54.6 Å². The van der Waals surface area contributed by atoms with Gasteiger partial charge in [0.1, 0.15) is 30.0 Å². The number of rotatable bonds is 8. The molecule has 0 saturated carbocycles. The molecule has 0 amide bonds. The van der Waals surface area contributed by atoms with E-state index in [0.29, 0.717) is 12.2 Å². The van der Waals surface area contributed by atoms with Crippen molar-refractivity contribution in [2.24, 2.45) is 0 Å². The second-order valence-electron chi connectivity index (χ2n) is 8.88. The molecule has 1 saturated heterocycles. The SMILES string of the molecule is CCCc1cc(N2CCN(CCOc3ccc(OC)cc3)CC2)n2c(nc3ccccc32)c1C#N. The highest BCUT2D eigenvalue weighted by Crippen LogP contribution is 2.30. The number of nitriles is 1. The number of aryl methyl sites for hydroxylation is 1. The molecular formula is C28H31N5O2. The van der Waals surface area contributed by atoms with Crippen molar-refractivity contribution in [3.05, 3.63) is 65.7 Å². The third-order valence-corrected chi connectivity index (χ3v) is 6.70. The smallest absolute Gasteiger partial charge is 0.157 e. The van der Waals surface area contributed by atoms with Crippen molar-refractivity contribution in [2.45, 2.75) is 19.8 Å². The summed E-state index contributed by atoms with van der Waals surface area (Å²) in [6.45, 7) is 7.45. The predicted octanol–water partition coefficient (Wildman–Crippen LogP) is 4.52. The number of aromatic nitrogens is 2. The molecule has 5 rings (SSSR count). The third-order valence-electron chi connectivity index (χ3n) is 6.70. The molecule has 0 atom stereocenters. The first-order valence-corrected chi connectivity index (χ1v) is 12.3. The normalized spacial score (nSPS) is 14.4. The Balaban J connectivity index is 1.32. The molecule has 0 spiro atoms. The molecule has 35 heavy (non-hydrogen) atoms. The Labute approximate surface area is 206 Å². The van der Waals surface area contributed by atoms with Crippen LogP contribution >= 0.6 is 0 Å². The molecule has 7 heteroatoms. The minimum atomic E-state index is 0.653. The highest BCUT2D eigenvalue weighted by molar-refractivity contribution is 5.85. The van der Waals surface area contributed by atoms with Gasteiger partial charge in [-0.25, -0.2) is 4.98 Å². The van der Waals surface area contributed by atoms with Gasteiger partial charge < -0.3 is 14.4 Å². The molecule has 2 aromatic carbocycles. The van der Waals surface area contributed by atoms with Crippen LogP contribution in [0.5, 0.6) is 11.5 Å². The number of fused-ring (bicyclic) bond motifs is 3. The molecule has 2 aromatic heterocycles. The van der Waals surface area contributed by atoms with E-state index in [9.17, 15) is 5.26 Å². The summed E-state index contributed by atoms with van der Waals surface area (Å²) < 4.78 is 13.3. The van der Waals surface area contributed by atoms with Crippen LogP contribution in [-0.4, -0.2) is 60.7 Å². The Hall–Kier alpha value is -3.76. The fraction of sp³-hybridized carbons (Fsp3) is 0.357. The molecule has 4 aromatic rings. The largest absolute Gasteiger partial charge is 0.497 e. The summed E-state index contributed by atoms with van der Waals surface area (Å²) in [5, 5.41) is 9.95. The van der Waals surface area contributed by atoms with Crippen molar-refractivity contribution in [3.8, 4) is 17.6 Å². The number of anilines is 1. The predicted molar refractivity (Wildman–Crippen MR) is 139 cm³/mol. The number of methoxy groups -OCH3 is 1. The third kappa shape index (κ3) is 4.62. The summed E-state index contributed by atoms with van der Waals surface area (Å²) in [6.07, 6.45) is 1.87. The molecule has 0 aliphatic carbocycles. The minimum Gasteiger partial charge on any atom is -0.497 e. The van der Waals surface area contributed by atoms with Crippen LogP contribution in [0, 0.1) is 11.3 Å². The van der Waals surface area contributed by atoms with E-state index in [1.807, 2.05) is 42.5 Å². The summed E-state index contributed by atoms with van der Waals surface area (Å²) in [4.78, 5) is 9.74. The standard InChI is InChI=1S/C28H31N5O2/c1-3-6-21-19-27(33-26-8-5-4-7-25(26)30-28(33)24(21)20-29)32-15-13-31(14-16-32)17-18-35-23-11-9-22(34-2)10-12-23/h4-5,7-12,19H,3,6,13-18H2,1-2H3. The van der Waals surface area contributed by atoms with E-state index < -0.39 is 0 Å². The van der Waals surface area contributed by atoms with E-state index in [1.165, 1.54) is 0 Å². The number of piperazine rings is 1. The second-order valence-corrected chi connectivity index (χ2v) is 8.88. The van der Waals surface area contributed by atoms with Gasteiger partial charge >= 0.3 is 0 Å². The highest BCUT2D eigenvalue weighted by Gasteiger charge is 2.23. The number of ether oxygens (including phenoxy) is 2. The molecule has 1 aliphatic rings. The number of pyridine rings is 1. The summed E-state index contributed by atoms with van der Waals surface area (Å²) in [5.41, 5.74) is 4.52. The van der Waals surface area contributed by atoms with E-state index in [0.717, 1.165) is 85.1 Å². The van der Waals surface area contributed by atoms with E-state index in [4.69, 9.17) is 14.5 Å². The Morgan fingerprint density at radius 2 is 1.74 bits per heavy atom. The van der Waals surface area contributed by atoms with Crippen molar-refractivity contribution in [1.29, 1.82) is 5.26 Å². The van der Waals surface area contributed by atoms with E-state index in [2.05, 4.69) is 39.3 Å². The van der Waals surface area contributed by atoms with E-state index in [1.54, 1.807) is 7.11 Å². The fourth-order valence-electron chi connectivity index (χ4n) is 4.85. The monoisotopic (exact) mass is 469 g/mol. The van der Waals surface area contributed by atoms with Crippen LogP contribution in [0.4, 0.5) is 5.82 Å². The van der Waals surface area contributed by atoms with Gasteiger partial charge in [0.2, 0.25) is 0 Å². The molecule has 1 aliphatic heterocycles. The number of benzene rings is 2. The lowest BCUT2D eigenvalue weighted by atomic mass is 10.1. The molecule has 180 valence electrons. The van der Waals surface area contributed by atoms with Crippen molar-refractivity contribution in [3.63, 3.8) is 0 Å². The zero-order valence-electron chi connectivity index (χ0n) is 20.4. The van der Waals surface area contributed by atoms with Crippen molar-refractivity contribution in [1.82, 2.24) is 14.3 Å². The van der Waals surface area contributed by atoms with Crippen LogP contribution in [0.1, 0.15) is 24.5 Å². The van der Waals surface area contributed by atoms with Crippen LogP contribution in [0.3, 0.4) is 0 Å². The Morgan fingerprint density at radius 3 is 2.46 bits per heavy atom. The average Bonchev–Trinajstić information content (AvgIpc) is 3.29. The number of nitrogens with zero attached hydrogens (tertiary/aromatic N) is 5. The zero-order chi connectivity index (χ0) is 24.2. The van der Waals surface area contributed by atoms with Crippen LogP contribution in [-0.2, 0) is 6.42 Å². The van der Waals surface area contributed by atoms with Gasteiger partial charge in [0, 0.05) is 32.7 Å². The van der Waals surface area contributed by atoms with Gasteiger partial charge in [0.15, 0.2) is 5.65 Å². The first-order valence-electron chi connectivity index (χ1n) is 12.3. The molecule has 0 radical (unpaired) electrons. The fourth-order valence-corrected chi connectivity index (χ4v) is 4.85. The van der Waals surface area contributed by atoms with Gasteiger partial charge in [-0.3, -0.25) is 9.30 Å². The molecule has 0 bridgehead atoms. The molecule has 7 nitrogen and oxygen atoms in total. The molecular weight excluding hydrogens is 438 g/mol. The van der Waals surface area contributed by atoms with Gasteiger partial charge in [-0.2, -0.15) is 5.26 Å². The summed E-state index contributed by atoms with van der Waals surface area (Å²) in [5.74, 6) is 2.82. The van der Waals surface area contributed by atoms with E-state index >= 15 is 0 Å². The Bertz CT molecular complexity index is 1350. The van der Waals surface area contributed by atoms with Crippen LogP contribution in [0.2, 0.25) is 0 Å². The van der Waals surface area contributed by atoms with Gasteiger partial charge in [0.05, 0.1) is 23.7 Å². The molecule has 0 unspecified atom stereocenters. The minimum absolute atomic E-state index is 0.653. The maximum absolute atomic E-state index is 9.95. The molecule has 1 fully saturated rings. The first kappa shape index (κ1) is 23.0. The lowest BCUT2D eigenvalue weighted by Gasteiger charge is -2.36. The molecule has 3 heterocycles. The van der Waals surface area contributed by atoms with Gasteiger partial charge in [-0.05, 0) is 54.4 Å². The Morgan fingerprint density at radius 1 is 1.00 bits per heavy atom. The lowest BCUT2D eigenvalue weighted by molar-refractivity contribution is 0.200. The number of hydrogen-bond donors (Lipinski definition) is 0. The number of para-hydroxylation sites is 2. The van der Waals surface area contributed by atoms with Crippen molar-refractivity contribution < 1.29 is 9.47 Å². The van der Waals surface area contributed by atoms with Crippen molar-refractivity contribution in [2.75, 3.05) is 51.3 Å². The quantitative estimate of drug-likeness (QED) is 0.378. The average molecular weight is 470 g/mol. The number of imidazole rings is 1. The van der Waals surface area contributed by atoms with Gasteiger partial charge in [0.25, 0.3) is 0 Å². The Kier molecular flexibility index (Phi) is 6.73. The summed E-state index contributed by atoms with van der Waals surface area (Å²) in [6, 6.07) is 20.5. The summed E-state index contributed by atoms with van der Waals surface area (Å²) >= 11 is 0. The highest BCUT2D eigenvalue weighted by atomic mass is 16.5. The van der Waals surface area contributed by atoms with Crippen LogP contribution in [0.25, 0.3) is 16.7 Å². The van der Waals surface area contributed by atoms with Crippen LogP contribution < -0.4 is 14.4 Å². The van der Waals surface area contributed by atoms with Gasteiger partial charge in [-0.15, -0.1) is 0 Å². The molecule has 0 N–H and O–H groups in total. The topological polar surface area (TPSA) is 66.0 Å².